The molecular weight excluding hydrogens is 434 g/mol. The van der Waals surface area contributed by atoms with Gasteiger partial charge in [0, 0.05) is 51.9 Å². The highest BCUT2D eigenvalue weighted by Crippen LogP contribution is 2.44. The molecule has 5 rings (SSSR count). The summed E-state index contributed by atoms with van der Waals surface area (Å²) in [4.78, 5) is 33.7. The summed E-state index contributed by atoms with van der Waals surface area (Å²) in [5.74, 6) is 1.75. The van der Waals surface area contributed by atoms with Crippen LogP contribution in [-0.2, 0) is 0 Å². The van der Waals surface area contributed by atoms with E-state index in [0.717, 1.165) is 59.7 Å². The number of nitrogens with one attached hydrogen (secondary N) is 1. The maximum atomic E-state index is 12.9. The quantitative estimate of drug-likeness (QED) is 0.611. The monoisotopic (exact) mass is 465 g/mol. The minimum Gasteiger partial charge on any atom is -0.366 e. The number of likely N-dealkylation sites (N-methyl/N-ethyl adjacent to an activating group) is 1. The highest BCUT2D eigenvalue weighted by Gasteiger charge is 2.28. The number of piperazine rings is 1. The average Bonchev–Trinajstić information content (AvgIpc) is 3.47. The Hall–Kier alpha value is -2.78. The van der Waals surface area contributed by atoms with Gasteiger partial charge < -0.3 is 20.0 Å². The summed E-state index contributed by atoms with van der Waals surface area (Å²) in [7, 11) is 5.79. The van der Waals surface area contributed by atoms with Crippen molar-refractivity contribution in [2.24, 2.45) is 0 Å². The standard InChI is InChI=1S/C24H31N7OS/c1-29(2)23(32)22-21(16-6-4-5-7-16)18-12-20(25-15-19(18)33-22)28-24-26-13-17(14-27-24)31-10-8-30(3)9-11-31/h12-16H,4-11H2,1-3H3,(H,25,26,27,28). The van der Waals surface area contributed by atoms with E-state index in [9.17, 15) is 4.79 Å². The predicted octanol–water partition coefficient (Wildman–Crippen LogP) is 3.94. The summed E-state index contributed by atoms with van der Waals surface area (Å²) in [6.45, 7) is 4.07. The molecule has 9 heteroatoms. The lowest BCUT2D eigenvalue weighted by Gasteiger charge is -2.33. The predicted molar refractivity (Wildman–Crippen MR) is 134 cm³/mol. The summed E-state index contributed by atoms with van der Waals surface area (Å²) in [5, 5.41) is 4.39. The first kappa shape index (κ1) is 22.0. The molecule has 1 amide bonds. The lowest BCUT2D eigenvalue weighted by atomic mass is 9.94. The number of amides is 1. The lowest BCUT2D eigenvalue weighted by molar-refractivity contribution is 0.0831. The van der Waals surface area contributed by atoms with Crippen molar-refractivity contribution in [2.45, 2.75) is 31.6 Å². The van der Waals surface area contributed by atoms with Crippen molar-refractivity contribution in [3.8, 4) is 0 Å². The number of carbonyl (C=O) groups is 1. The average molecular weight is 466 g/mol. The summed E-state index contributed by atoms with van der Waals surface area (Å²) in [6.07, 6.45) is 10.3. The fourth-order valence-electron chi connectivity index (χ4n) is 4.80. The Morgan fingerprint density at radius 2 is 1.76 bits per heavy atom. The molecule has 1 aliphatic heterocycles. The summed E-state index contributed by atoms with van der Waals surface area (Å²) < 4.78 is 1.05. The number of nitrogens with zero attached hydrogens (tertiary/aromatic N) is 6. The topological polar surface area (TPSA) is 77.5 Å². The minimum atomic E-state index is 0.0791. The van der Waals surface area contributed by atoms with Crippen LogP contribution in [0.3, 0.4) is 0 Å². The van der Waals surface area contributed by atoms with Crippen molar-refractivity contribution in [3.63, 3.8) is 0 Å². The Bertz CT molecular complexity index is 1130. The zero-order valence-electron chi connectivity index (χ0n) is 19.5. The van der Waals surface area contributed by atoms with E-state index in [0.29, 0.717) is 17.7 Å². The Morgan fingerprint density at radius 3 is 2.42 bits per heavy atom. The first-order valence-electron chi connectivity index (χ1n) is 11.7. The maximum absolute atomic E-state index is 12.9. The fraction of sp³-hybridized carbons (Fsp3) is 0.500. The highest BCUT2D eigenvalue weighted by molar-refractivity contribution is 7.21. The van der Waals surface area contributed by atoms with Gasteiger partial charge in [-0.2, -0.15) is 0 Å². The van der Waals surface area contributed by atoms with Gasteiger partial charge in [0.2, 0.25) is 5.95 Å². The van der Waals surface area contributed by atoms with Crippen LogP contribution in [0.1, 0.15) is 46.8 Å². The van der Waals surface area contributed by atoms with Gasteiger partial charge in [0.05, 0.1) is 27.7 Å². The number of thiophene rings is 1. The molecule has 174 valence electrons. The first-order chi connectivity index (χ1) is 16.0. The Labute approximate surface area is 198 Å². The third-order valence-electron chi connectivity index (χ3n) is 6.72. The molecule has 0 radical (unpaired) electrons. The minimum absolute atomic E-state index is 0.0791. The second-order valence-electron chi connectivity index (χ2n) is 9.27. The number of rotatable bonds is 5. The normalized spacial score (nSPS) is 17.6. The molecule has 0 aromatic carbocycles. The second kappa shape index (κ2) is 9.23. The molecule has 0 bridgehead atoms. The van der Waals surface area contributed by atoms with Crippen molar-refractivity contribution >= 4 is 44.8 Å². The van der Waals surface area contributed by atoms with Crippen LogP contribution in [0.25, 0.3) is 10.1 Å². The number of pyridine rings is 1. The molecule has 33 heavy (non-hydrogen) atoms. The van der Waals surface area contributed by atoms with Crippen LogP contribution < -0.4 is 10.2 Å². The third-order valence-corrected chi connectivity index (χ3v) is 7.87. The van der Waals surface area contributed by atoms with Gasteiger partial charge in [-0.05, 0) is 37.4 Å². The number of fused-ring (bicyclic) bond motifs is 1. The van der Waals surface area contributed by atoms with Crippen LogP contribution in [0.2, 0.25) is 0 Å². The third kappa shape index (κ3) is 4.52. The number of hydrogen-bond acceptors (Lipinski definition) is 8. The number of anilines is 3. The van der Waals surface area contributed by atoms with Crippen molar-refractivity contribution in [1.29, 1.82) is 0 Å². The van der Waals surface area contributed by atoms with Gasteiger partial charge in [-0.15, -0.1) is 11.3 Å². The van der Waals surface area contributed by atoms with Crippen LogP contribution in [0.5, 0.6) is 0 Å². The molecule has 1 aliphatic carbocycles. The molecular formula is C24H31N7OS. The van der Waals surface area contributed by atoms with Crippen molar-refractivity contribution in [3.05, 3.63) is 35.1 Å². The van der Waals surface area contributed by atoms with Gasteiger partial charge in [0.1, 0.15) is 5.82 Å². The van der Waals surface area contributed by atoms with E-state index in [1.165, 1.54) is 18.4 Å². The van der Waals surface area contributed by atoms with Crippen molar-refractivity contribution < 1.29 is 4.79 Å². The highest BCUT2D eigenvalue weighted by atomic mass is 32.1. The number of hydrogen-bond donors (Lipinski definition) is 1. The van der Waals surface area contributed by atoms with Gasteiger partial charge in [-0.25, -0.2) is 15.0 Å². The SMILES string of the molecule is CN1CCN(c2cnc(Nc3cc4c(C5CCCC5)c(C(=O)N(C)C)sc4cn3)nc2)CC1. The van der Waals surface area contributed by atoms with Crippen molar-refractivity contribution in [2.75, 3.05) is 57.5 Å². The second-order valence-corrected chi connectivity index (χ2v) is 10.3. The Morgan fingerprint density at radius 1 is 1.06 bits per heavy atom. The molecule has 2 fully saturated rings. The smallest absolute Gasteiger partial charge is 0.263 e. The van der Waals surface area contributed by atoms with Gasteiger partial charge >= 0.3 is 0 Å². The van der Waals surface area contributed by atoms with Gasteiger partial charge in [0.25, 0.3) is 5.91 Å². The molecule has 1 saturated heterocycles. The van der Waals surface area contributed by atoms with Crippen LogP contribution >= 0.6 is 11.3 Å². The number of aromatic nitrogens is 3. The van der Waals surface area contributed by atoms with Gasteiger partial charge in [-0.3, -0.25) is 4.79 Å². The maximum Gasteiger partial charge on any atom is 0.263 e. The van der Waals surface area contributed by atoms with E-state index in [1.54, 1.807) is 16.2 Å². The zero-order valence-corrected chi connectivity index (χ0v) is 20.4. The molecule has 1 saturated carbocycles. The van der Waals surface area contributed by atoms with Crippen LogP contribution in [-0.4, -0.2) is 78.0 Å². The fourth-order valence-corrected chi connectivity index (χ4v) is 6.06. The van der Waals surface area contributed by atoms with Gasteiger partial charge in [-0.1, -0.05) is 12.8 Å². The first-order valence-corrected chi connectivity index (χ1v) is 12.5. The summed E-state index contributed by atoms with van der Waals surface area (Å²) in [6, 6.07) is 2.06. The Balaban J connectivity index is 1.41. The van der Waals surface area contributed by atoms with E-state index in [-0.39, 0.29) is 5.91 Å². The summed E-state index contributed by atoms with van der Waals surface area (Å²) in [5.41, 5.74) is 2.24. The molecule has 0 unspecified atom stereocenters. The van der Waals surface area contributed by atoms with Crippen LogP contribution in [0.4, 0.5) is 17.5 Å². The van der Waals surface area contributed by atoms with E-state index in [4.69, 9.17) is 0 Å². The van der Waals surface area contributed by atoms with E-state index in [2.05, 4.69) is 43.2 Å². The Kier molecular flexibility index (Phi) is 6.16. The van der Waals surface area contributed by atoms with Crippen LogP contribution in [0.15, 0.2) is 24.7 Å². The van der Waals surface area contributed by atoms with Crippen molar-refractivity contribution in [1.82, 2.24) is 24.8 Å². The lowest BCUT2D eigenvalue weighted by Crippen LogP contribution is -2.44. The van der Waals surface area contributed by atoms with E-state index in [1.807, 2.05) is 32.7 Å². The molecule has 4 heterocycles. The molecule has 0 spiro atoms. The molecule has 3 aromatic rings. The van der Waals surface area contributed by atoms with E-state index >= 15 is 0 Å². The molecule has 3 aromatic heterocycles. The summed E-state index contributed by atoms with van der Waals surface area (Å²) >= 11 is 1.56. The van der Waals surface area contributed by atoms with E-state index < -0.39 is 0 Å². The molecule has 8 nitrogen and oxygen atoms in total. The molecule has 0 atom stereocenters. The van der Waals surface area contributed by atoms with Crippen LogP contribution in [0, 0.1) is 0 Å². The molecule has 1 N–H and O–H groups in total. The van der Waals surface area contributed by atoms with Gasteiger partial charge in [0.15, 0.2) is 0 Å². The largest absolute Gasteiger partial charge is 0.366 e. The number of carbonyl (C=O) groups excluding carboxylic acids is 1. The molecule has 2 aliphatic rings. The zero-order chi connectivity index (χ0) is 22.9.